The first-order valence-corrected chi connectivity index (χ1v) is 6.45. The number of nitrogens with zero attached hydrogens (tertiary/aromatic N) is 1. The molecule has 0 aromatic rings. The van der Waals surface area contributed by atoms with Gasteiger partial charge >= 0.3 is 12.0 Å². The maximum absolute atomic E-state index is 12.0. The van der Waals surface area contributed by atoms with Gasteiger partial charge in [-0.05, 0) is 26.2 Å². The van der Waals surface area contributed by atoms with E-state index < -0.39 is 11.5 Å². The van der Waals surface area contributed by atoms with Crippen LogP contribution in [-0.2, 0) is 4.79 Å². The number of carbonyl (C=O) groups is 2. The molecule has 0 aliphatic carbocycles. The molecule has 6 nitrogen and oxygen atoms in total. The first kappa shape index (κ1) is 14.8. The van der Waals surface area contributed by atoms with E-state index >= 15 is 0 Å². The highest BCUT2D eigenvalue weighted by Gasteiger charge is 2.35. The van der Waals surface area contributed by atoms with Gasteiger partial charge < -0.3 is 21.1 Å². The smallest absolute Gasteiger partial charge is 0.329 e. The number of carbonyl (C=O) groups excluding carboxylic acids is 1. The van der Waals surface area contributed by atoms with Crippen molar-refractivity contribution in [1.82, 2.24) is 10.2 Å². The number of amides is 2. The van der Waals surface area contributed by atoms with E-state index in [-0.39, 0.29) is 12.1 Å². The molecule has 1 rings (SSSR count). The summed E-state index contributed by atoms with van der Waals surface area (Å²) >= 11 is 0. The summed E-state index contributed by atoms with van der Waals surface area (Å²) in [5, 5.41) is 11.8. The Hall–Kier alpha value is -1.30. The molecule has 104 valence electrons. The summed E-state index contributed by atoms with van der Waals surface area (Å²) in [4.78, 5) is 24.9. The average Bonchev–Trinajstić information content (AvgIpc) is 2.29. The van der Waals surface area contributed by atoms with Crippen LogP contribution in [0, 0.1) is 0 Å². The minimum absolute atomic E-state index is 0.00763. The SMILES string of the molecule is CCCC(C)(NC(=O)N1CCCC(N)C1)C(=O)O. The molecule has 0 spiro atoms. The van der Waals surface area contributed by atoms with Gasteiger partial charge in [0.15, 0.2) is 0 Å². The molecule has 2 atom stereocenters. The van der Waals surface area contributed by atoms with Gasteiger partial charge in [-0.3, -0.25) is 0 Å². The summed E-state index contributed by atoms with van der Waals surface area (Å²) in [6, 6.07) is -0.338. The first-order valence-electron chi connectivity index (χ1n) is 6.45. The number of urea groups is 1. The second-order valence-corrected chi connectivity index (χ2v) is 5.17. The van der Waals surface area contributed by atoms with Crippen molar-refractivity contribution >= 4 is 12.0 Å². The van der Waals surface area contributed by atoms with Crippen molar-refractivity contribution in [3.8, 4) is 0 Å². The number of hydrogen-bond donors (Lipinski definition) is 3. The number of likely N-dealkylation sites (tertiary alicyclic amines) is 1. The van der Waals surface area contributed by atoms with Crippen LogP contribution in [-0.4, -0.2) is 46.7 Å². The zero-order valence-electron chi connectivity index (χ0n) is 11.1. The van der Waals surface area contributed by atoms with E-state index in [1.165, 1.54) is 0 Å². The zero-order chi connectivity index (χ0) is 13.8. The van der Waals surface area contributed by atoms with Gasteiger partial charge in [0.2, 0.25) is 0 Å². The number of nitrogens with two attached hydrogens (primary N) is 1. The first-order chi connectivity index (χ1) is 8.39. The standard InChI is InChI=1S/C12H23N3O3/c1-3-6-12(2,10(16)17)14-11(18)15-7-4-5-9(13)8-15/h9H,3-8,13H2,1-2H3,(H,14,18)(H,16,17). The summed E-state index contributed by atoms with van der Waals surface area (Å²) < 4.78 is 0. The lowest BCUT2D eigenvalue weighted by Crippen LogP contribution is -2.58. The topological polar surface area (TPSA) is 95.7 Å². The molecule has 2 amide bonds. The van der Waals surface area contributed by atoms with Crippen molar-refractivity contribution in [3.05, 3.63) is 0 Å². The molecule has 6 heteroatoms. The molecule has 18 heavy (non-hydrogen) atoms. The molecule has 0 aromatic carbocycles. The molecule has 2 unspecified atom stereocenters. The quantitative estimate of drug-likeness (QED) is 0.693. The van der Waals surface area contributed by atoms with Crippen molar-refractivity contribution < 1.29 is 14.7 Å². The molecule has 1 fully saturated rings. The molecule has 0 radical (unpaired) electrons. The molecule has 1 saturated heterocycles. The van der Waals surface area contributed by atoms with Crippen LogP contribution in [0.2, 0.25) is 0 Å². The van der Waals surface area contributed by atoms with E-state index in [4.69, 9.17) is 5.73 Å². The fraction of sp³-hybridized carbons (Fsp3) is 0.833. The lowest BCUT2D eigenvalue weighted by atomic mass is 9.96. The molecule has 1 aliphatic heterocycles. The Balaban J connectivity index is 2.63. The Morgan fingerprint density at radius 1 is 1.56 bits per heavy atom. The van der Waals surface area contributed by atoms with E-state index in [1.54, 1.807) is 11.8 Å². The largest absolute Gasteiger partial charge is 0.480 e. The fourth-order valence-corrected chi connectivity index (χ4v) is 2.23. The molecule has 0 saturated carbocycles. The summed E-state index contributed by atoms with van der Waals surface area (Å²) in [6.45, 7) is 4.57. The van der Waals surface area contributed by atoms with Gasteiger partial charge in [-0.25, -0.2) is 9.59 Å². The van der Waals surface area contributed by atoms with Crippen molar-refractivity contribution in [2.24, 2.45) is 5.73 Å². The molecule has 4 N–H and O–H groups in total. The third kappa shape index (κ3) is 3.60. The van der Waals surface area contributed by atoms with Crippen LogP contribution in [0.1, 0.15) is 39.5 Å². The molecule has 1 aliphatic rings. The van der Waals surface area contributed by atoms with Gasteiger partial charge in [0.25, 0.3) is 0 Å². The van der Waals surface area contributed by atoms with Crippen molar-refractivity contribution in [2.45, 2.75) is 51.1 Å². The lowest BCUT2D eigenvalue weighted by molar-refractivity contribution is -0.144. The van der Waals surface area contributed by atoms with E-state index in [9.17, 15) is 14.7 Å². The van der Waals surface area contributed by atoms with E-state index in [0.717, 1.165) is 12.8 Å². The number of hydrogen-bond acceptors (Lipinski definition) is 3. The summed E-state index contributed by atoms with van der Waals surface area (Å²) in [5.74, 6) is -1.00. The molecule has 1 heterocycles. The summed E-state index contributed by atoms with van der Waals surface area (Å²) in [6.07, 6.45) is 2.89. The third-order valence-corrected chi connectivity index (χ3v) is 3.35. The van der Waals surface area contributed by atoms with Crippen molar-refractivity contribution in [2.75, 3.05) is 13.1 Å². The van der Waals surface area contributed by atoms with Crippen LogP contribution < -0.4 is 11.1 Å². The number of aliphatic carboxylic acids is 1. The van der Waals surface area contributed by atoms with E-state index in [0.29, 0.717) is 25.9 Å². The van der Waals surface area contributed by atoms with Crippen LogP contribution in [0.15, 0.2) is 0 Å². The predicted octanol–water partition coefficient (Wildman–Crippen LogP) is 0.763. The van der Waals surface area contributed by atoms with Crippen LogP contribution in [0.4, 0.5) is 4.79 Å². The maximum atomic E-state index is 12.0. The van der Waals surface area contributed by atoms with Crippen LogP contribution >= 0.6 is 0 Å². The Morgan fingerprint density at radius 3 is 2.72 bits per heavy atom. The van der Waals surface area contributed by atoms with Gasteiger partial charge in [-0.2, -0.15) is 0 Å². The maximum Gasteiger partial charge on any atom is 0.329 e. The molecule has 0 aromatic heterocycles. The molecular weight excluding hydrogens is 234 g/mol. The Bertz CT molecular complexity index is 322. The highest BCUT2D eigenvalue weighted by molar-refractivity contribution is 5.85. The normalized spacial score (nSPS) is 23.3. The third-order valence-electron chi connectivity index (χ3n) is 3.35. The van der Waals surface area contributed by atoms with Crippen LogP contribution in [0.25, 0.3) is 0 Å². The Kier molecular flexibility index (Phi) is 4.95. The number of piperidine rings is 1. The van der Waals surface area contributed by atoms with E-state index in [2.05, 4.69) is 5.32 Å². The molecular formula is C12H23N3O3. The summed E-state index contributed by atoms with van der Waals surface area (Å²) in [5.41, 5.74) is 4.61. The minimum Gasteiger partial charge on any atom is -0.480 e. The molecule has 0 bridgehead atoms. The predicted molar refractivity (Wildman–Crippen MR) is 68.3 cm³/mol. The number of rotatable bonds is 4. The van der Waals surface area contributed by atoms with Crippen LogP contribution in [0.3, 0.4) is 0 Å². The number of carboxylic acids is 1. The van der Waals surface area contributed by atoms with Gasteiger partial charge in [0, 0.05) is 19.1 Å². The number of carboxylic acid groups (broad SMARTS) is 1. The average molecular weight is 257 g/mol. The number of nitrogens with one attached hydrogen (secondary N) is 1. The van der Waals surface area contributed by atoms with Crippen molar-refractivity contribution in [1.29, 1.82) is 0 Å². The summed E-state index contributed by atoms with van der Waals surface area (Å²) in [7, 11) is 0. The van der Waals surface area contributed by atoms with E-state index in [1.807, 2.05) is 6.92 Å². The second-order valence-electron chi connectivity index (χ2n) is 5.17. The van der Waals surface area contributed by atoms with Crippen LogP contribution in [0.5, 0.6) is 0 Å². The lowest BCUT2D eigenvalue weighted by Gasteiger charge is -2.34. The van der Waals surface area contributed by atoms with Gasteiger partial charge in [0.1, 0.15) is 5.54 Å². The van der Waals surface area contributed by atoms with Gasteiger partial charge in [-0.1, -0.05) is 13.3 Å². The van der Waals surface area contributed by atoms with Gasteiger partial charge in [0.05, 0.1) is 0 Å². The second kappa shape index (κ2) is 6.04. The zero-order valence-corrected chi connectivity index (χ0v) is 11.1. The van der Waals surface area contributed by atoms with Crippen molar-refractivity contribution in [3.63, 3.8) is 0 Å². The monoisotopic (exact) mass is 257 g/mol. The fourth-order valence-electron chi connectivity index (χ4n) is 2.23. The Morgan fingerprint density at radius 2 is 2.22 bits per heavy atom. The van der Waals surface area contributed by atoms with Gasteiger partial charge in [-0.15, -0.1) is 0 Å². The minimum atomic E-state index is -1.20. The Labute approximate surface area is 108 Å². The highest BCUT2D eigenvalue weighted by Crippen LogP contribution is 2.15. The highest BCUT2D eigenvalue weighted by atomic mass is 16.4.